The Morgan fingerprint density at radius 1 is 1.42 bits per heavy atom. The number of carbonyl (C=O) groups is 1. The second-order valence-electron chi connectivity index (χ2n) is 6.37. The summed E-state index contributed by atoms with van der Waals surface area (Å²) in [6.07, 6.45) is 3.27. The van der Waals surface area contributed by atoms with E-state index in [2.05, 4.69) is 15.3 Å². The molecule has 2 atom stereocenters. The maximum Gasteiger partial charge on any atom is 0.271 e. The Morgan fingerprint density at radius 3 is 2.96 bits per heavy atom. The second-order valence-corrected chi connectivity index (χ2v) is 6.37. The smallest absolute Gasteiger partial charge is 0.271 e. The van der Waals surface area contributed by atoms with E-state index in [-0.39, 0.29) is 18.8 Å². The number of likely N-dealkylation sites (tertiary alicyclic amines) is 1. The summed E-state index contributed by atoms with van der Waals surface area (Å²) >= 11 is 0. The van der Waals surface area contributed by atoms with Crippen molar-refractivity contribution in [1.82, 2.24) is 20.2 Å². The maximum absolute atomic E-state index is 12.1. The molecule has 0 saturated carbocycles. The van der Waals surface area contributed by atoms with E-state index in [0.29, 0.717) is 13.1 Å². The highest BCUT2D eigenvalue weighted by molar-refractivity contribution is 5.91. The van der Waals surface area contributed by atoms with Gasteiger partial charge < -0.3 is 20.3 Å². The molecular weight excluding hydrogens is 336 g/mol. The molecule has 0 aliphatic carbocycles. The van der Waals surface area contributed by atoms with Crippen molar-refractivity contribution in [2.24, 2.45) is 0 Å². The van der Waals surface area contributed by atoms with Crippen LogP contribution < -0.4 is 10.1 Å². The number of β-amino-alcohol motifs (C(OH)–C–C–N with tert-alkyl or cyclic N) is 2. The molecule has 3 N–H and O–H groups in total. The standard InChI is InChI=1S/C18H22N4O4/c1-26-15-5-3-2-4-13(15)9-22-10-16(23)18(25,12-22)11-21-17(24)14-8-19-6-7-20-14/h2-8,16,23,25H,9-12H2,1H3,(H,21,24)/t16-,18+/m1/s1. The van der Waals surface area contributed by atoms with Crippen LogP contribution in [-0.2, 0) is 6.54 Å². The number of nitrogens with one attached hydrogen (secondary N) is 1. The molecule has 0 spiro atoms. The average Bonchev–Trinajstić information content (AvgIpc) is 2.94. The lowest BCUT2D eigenvalue weighted by atomic mass is 10.0. The number of para-hydroxylation sites is 1. The number of ether oxygens (including phenoxy) is 1. The molecule has 0 unspecified atom stereocenters. The third-order valence-corrected chi connectivity index (χ3v) is 4.49. The molecule has 0 radical (unpaired) electrons. The summed E-state index contributed by atoms with van der Waals surface area (Å²) in [4.78, 5) is 21.7. The summed E-state index contributed by atoms with van der Waals surface area (Å²) in [6, 6.07) is 7.62. The van der Waals surface area contributed by atoms with Crippen LogP contribution in [0.15, 0.2) is 42.9 Å². The lowest BCUT2D eigenvalue weighted by Crippen LogP contribution is -2.51. The highest BCUT2D eigenvalue weighted by Crippen LogP contribution is 2.26. The average molecular weight is 358 g/mol. The molecule has 1 saturated heterocycles. The topological polar surface area (TPSA) is 108 Å². The number of rotatable bonds is 6. The molecule has 1 aliphatic heterocycles. The van der Waals surface area contributed by atoms with Crippen molar-refractivity contribution in [2.45, 2.75) is 18.2 Å². The molecule has 8 nitrogen and oxygen atoms in total. The van der Waals surface area contributed by atoms with Gasteiger partial charge in [-0.2, -0.15) is 0 Å². The van der Waals surface area contributed by atoms with Gasteiger partial charge >= 0.3 is 0 Å². The first-order valence-electron chi connectivity index (χ1n) is 8.31. The Morgan fingerprint density at radius 2 is 2.23 bits per heavy atom. The molecule has 26 heavy (non-hydrogen) atoms. The van der Waals surface area contributed by atoms with Crippen molar-refractivity contribution in [3.63, 3.8) is 0 Å². The molecule has 0 bridgehead atoms. The molecule has 1 aromatic carbocycles. The van der Waals surface area contributed by atoms with E-state index in [1.807, 2.05) is 29.2 Å². The number of amides is 1. The quantitative estimate of drug-likeness (QED) is 0.658. The van der Waals surface area contributed by atoms with Crippen molar-refractivity contribution in [3.05, 3.63) is 54.1 Å². The molecule has 1 fully saturated rings. The molecule has 2 aromatic rings. The fourth-order valence-electron chi connectivity index (χ4n) is 3.08. The van der Waals surface area contributed by atoms with Crippen molar-refractivity contribution in [1.29, 1.82) is 0 Å². The zero-order valence-corrected chi connectivity index (χ0v) is 14.5. The Balaban J connectivity index is 1.61. The van der Waals surface area contributed by atoms with Gasteiger partial charge in [0.1, 0.15) is 17.0 Å². The number of hydrogen-bond acceptors (Lipinski definition) is 7. The molecule has 3 rings (SSSR count). The minimum absolute atomic E-state index is 0.0774. The van der Waals surface area contributed by atoms with Crippen LogP contribution in [0.3, 0.4) is 0 Å². The van der Waals surface area contributed by atoms with Crippen LogP contribution in [0.1, 0.15) is 16.1 Å². The van der Waals surface area contributed by atoms with Gasteiger partial charge in [0.2, 0.25) is 0 Å². The first kappa shape index (κ1) is 18.2. The number of aliphatic hydroxyl groups is 2. The zero-order valence-electron chi connectivity index (χ0n) is 14.5. The van der Waals surface area contributed by atoms with E-state index in [4.69, 9.17) is 4.74 Å². The highest BCUT2D eigenvalue weighted by atomic mass is 16.5. The predicted octanol–water partition coefficient (Wildman–Crippen LogP) is -0.177. The molecular formula is C18H22N4O4. The number of hydrogen-bond donors (Lipinski definition) is 3. The van der Waals surface area contributed by atoms with Gasteiger partial charge in [-0.1, -0.05) is 18.2 Å². The van der Waals surface area contributed by atoms with Crippen molar-refractivity contribution in [3.8, 4) is 5.75 Å². The van der Waals surface area contributed by atoms with Crippen molar-refractivity contribution in [2.75, 3.05) is 26.7 Å². The van der Waals surface area contributed by atoms with Crippen LogP contribution in [0, 0.1) is 0 Å². The first-order chi connectivity index (χ1) is 12.5. The summed E-state index contributed by atoms with van der Waals surface area (Å²) in [5.41, 5.74) is -0.301. The normalized spacial score (nSPS) is 23.0. The summed E-state index contributed by atoms with van der Waals surface area (Å²) in [5, 5.41) is 23.7. The largest absolute Gasteiger partial charge is 0.496 e. The van der Waals surface area contributed by atoms with Gasteiger partial charge in [-0.05, 0) is 6.07 Å². The molecule has 8 heteroatoms. The fraction of sp³-hybridized carbons (Fsp3) is 0.389. The summed E-state index contributed by atoms with van der Waals surface area (Å²) in [7, 11) is 1.61. The van der Waals surface area contributed by atoms with E-state index in [9.17, 15) is 15.0 Å². The van der Waals surface area contributed by atoms with Gasteiger partial charge in [-0.15, -0.1) is 0 Å². The molecule has 1 aliphatic rings. The lowest BCUT2D eigenvalue weighted by molar-refractivity contribution is -0.0377. The Kier molecular flexibility index (Phi) is 5.46. The highest BCUT2D eigenvalue weighted by Gasteiger charge is 2.44. The van der Waals surface area contributed by atoms with Gasteiger partial charge in [-0.3, -0.25) is 14.7 Å². The molecule has 1 aromatic heterocycles. The minimum atomic E-state index is -1.43. The van der Waals surface area contributed by atoms with E-state index >= 15 is 0 Å². The van der Waals surface area contributed by atoms with Crippen LogP contribution in [0.2, 0.25) is 0 Å². The maximum atomic E-state index is 12.1. The Bertz CT molecular complexity index is 758. The number of carbonyl (C=O) groups excluding carboxylic acids is 1. The van der Waals surface area contributed by atoms with E-state index in [1.54, 1.807) is 7.11 Å². The molecule has 1 amide bonds. The van der Waals surface area contributed by atoms with Gasteiger partial charge in [0.25, 0.3) is 5.91 Å². The van der Waals surface area contributed by atoms with E-state index in [0.717, 1.165) is 11.3 Å². The summed E-state index contributed by atoms with van der Waals surface area (Å²) in [6.45, 7) is 0.982. The number of aromatic nitrogens is 2. The van der Waals surface area contributed by atoms with Crippen LogP contribution >= 0.6 is 0 Å². The second kappa shape index (κ2) is 7.77. The first-order valence-corrected chi connectivity index (χ1v) is 8.31. The monoisotopic (exact) mass is 358 g/mol. The van der Waals surface area contributed by atoms with Crippen molar-refractivity contribution < 1.29 is 19.7 Å². The predicted molar refractivity (Wildman–Crippen MR) is 93.6 cm³/mol. The van der Waals surface area contributed by atoms with Gasteiger partial charge in [-0.25, -0.2) is 4.98 Å². The van der Waals surface area contributed by atoms with Crippen LogP contribution in [0.4, 0.5) is 0 Å². The number of aliphatic hydroxyl groups excluding tert-OH is 1. The van der Waals surface area contributed by atoms with Gasteiger partial charge in [0, 0.05) is 37.6 Å². The Hall–Kier alpha value is -2.55. The van der Waals surface area contributed by atoms with Crippen LogP contribution in [-0.4, -0.2) is 69.4 Å². The van der Waals surface area contributed by atoms with Gasteiger partial charge in [0.05, 0.1) is 26.0 Å². The summed E-state index contributed by atoms with van der Waals surface area (Å²) < 4.78 is 5.34. The third-order valence-electron chi connectivity index (χ3n) is 4.49. The third kappa shape index (κ3) is 3.98. The fourth-order valence-corrected chi connectivity index (χ4v) is 3.08. The number of methoxy groups -OCH3 is 1. The summed E-state index contributed by atoms with van der Waals surface area (Å²) in [5.74, 6) is 0.315. The molecule has 2 heterocycles. The van der Waals surface area contributed by atoms with Crippen LogP contribution in [0.25, 0.3) is 0 Å². The van der Waals surface area contributed by atoms with Crippen molar-refractivity contribution >= 4 is 5.91 Å². The molecule has 138 valence electrons. The Labute approximate surface area is 151 Å². The van der Waals surface area contributed by atoms with Gasteiger partial charge in [0.15, 0.2) is 0 Å². The zero-order chi connectivity index (χ0) is 18.6. The van der Waals surface area contributed by atoms with E-state index in [1.165, 1.54) is 18.6 Å². The van der Waals surface area contributed by atoms with E-state index < -0.39 is 17.6 Å². The minimum Gasteiger partial charge on any atom is -0.496 e. The van der Waals surface area contributed by atoms with Crippen LogP contribution in [0.5, 0.6) is 5.75 Å². The number of benzene rings is 1. The SMILES string of the molecule is COc1ccccc1CN1C[C@@H](O)[C@](O)(CNC(=O)c2cnccn2)C1. The lowest BCUT2D eigenvalue weighted by Gasteiger charge is -2.26. The number of nitrogens with zero attached hydrogens (tertiary/aromatic N) is 3.